The van der Waals surface area contributed by atoms with E-state index < -0.39 is 0 Å². The summed E-state index contributed by atoms with van der Waals surface area (Å²) in [5.41, 5.74) is 6.29. The Hall–Kier alpha value is -0.120. The molecular formula is C14H28N2O. The molecular weight excluding hydrogens is 212 g/mol. The molecule has 2 aliphatic rings. The van der Waals surface area contributed by atoms with Gasteiger partial charge in [-0.2, -0.15) is 0 Å². The van der Waals surface area contributed by atoms with E-state index in [4.69, 9.17) is 10.5 Å². The number of rotatable bonds is 7. The van der Waals surface area contributed by atoms with Gasteiger partial charge in [-0.05, 0) is 39.2 Å². The minimum Gasteiger partial charge on any atom is -0.381 e. The van der Waals surface area contributed by atoms with Crippen LogP contribution in [0.5, 0.6) is 0 Å². The summed E-state index contributed by atoms with van der Waals surface area (Å²) in [6.07, 6.45) is 6.48. The van der Waals surface area contributed by atoms with Gasteiger partial charge >= 0.3 is 0 Å². The lowest BCUT2D eigenvalue weighted by Gasteiger charge is -2.45. The Labute approximate surface area is 106 Å². The number of unbranched alkanes of at least 4 members (excludes halogenated alkanes) is 1. The summed E-state index contributed by atoms with van der Waals surface area (Å²) in [7, 11) is 0. The predicted molar refractivity (Wildman–Crippen MR) is 71.0 cm³/mol. The molecule has 2 rings (SSSR count). The molecule has 0 aromatic rings. The van der Waals surface area contributed by atoms with E-state index in [-0.39, 0.29) is 5.54 Å². The molecule has 1 aliphatic heterocycles. The number of hydrogen-bond acceptors (Lipinski definition) is 3. The van der Waals surface area contributed by atoms with Crippen molar-refractivity contribution in [1.29, 1.82) is 0 Å². The van der Waals surface area contributed by atoms with E-state index in [2.05, 4.69) is 18.7 Å². The monoisotopic (exact) mass is 240 g/mol. The summed E-state index contributed by atoms with van der Waals surface area (Å²) >= 11 is 0. The zero-order valence-corrected chi connectivity index (χ0v) is 11.5. The van der Waals surface area contributed by atoms with Crippen LogP contribution in [0.4, 0.5) is 0 Å². The topological polar surface area (TPSA) is 38.5 Å². The van der Waals surface area contributed by atoms with Crippen molar-refractivity contribution in [2.75, 3.05) is 26.3 Å². The van der Waals surface area contributed by atoms with Crippen molar-refractivity contribution in [3.63, 3.8) is 0 Å². The minimum absolute atomic E-state index is 0.160. The number of nitrogens with zero attached hydrogens (tertiary/aromatic N) is 1. The fraction of sp³-hybridized carbons (Fsp3) is 1.00. The van der Waals surface area contributed by atoms with Crippen molar-refractivity contribution in [1.82, 2.24) is 4.90 Å². The van der Waals surface area contributed by atoms with Crippen LogP contribution in [0, 0.1) is 5.92 Å². The fourth-order valence-corrected chi connectivity index (χ4v) is 3.11. The maximum Gasteiger partial charge on any atom is 0.0513 e. The average molecular weight is 240 g/mol. The van der Waals surface area contributed by atoms with E-state index in [9.17, 15) is 0 Å². The minimum atomic E-state index is 0.160. The van der Waals surface area contributed by atoms with Crippen LogP contribution in [0.3, 0.4) is 0 Å². The molecule has 0 aromatic heterocycles. The molecule has 1 saturated carbocycles. The molecule has 2 fully saturated rings. The molecule has 0 radical (unpaired) electrons. The average Bonchev–Trinajstić information content (AvgIpc) is 3.02. The molecule has 3 nitrogen and oxygen atoms in total. The van der Waals surface area contributed by atoms with Crippen molar-refractivity contribution < 1.29 is 4.74 Å². The smallest absolute Gasteiger partial charge is 0.0513 e. The normalized spacial score (nSPS) is 28.6. The lowest BCUT2D eigenvalue weighted by Crippen LogP contribution is -2.58. The second-order valence-corrected chi connectivity index (χ2v) is 5.90. The van der Waals surface area contributed by atoms with E-state index in [0.717, 1.165) is 25.8 Å². The SMILES string of the molecule is CCCCN(C1CC1)C(C)(CN)C1CCOC1. The molecule has 17 heavy (non-hydrogen) atoms. The highest BCUT2D eigenvalue weighted by Crippen LogP contribution is 2.38. The zero-order valence-electron chi connectivity index (χ0n) is 11.5. The standard InChI is InChI=1S/C14H28N2O/c1-3-4-8-16(13-5-6-13)14(2,11-15)12-7-9-17-10-12/h12-13H,3-11,15H2,1-2H3. The fourth-order valence-electron chi connectivity index (χ4n) is 3.11. The van der Waals surface area contributed by atoms with Gasteiger partial charge in [0.2, 0.25) is 0 Å². The van der Waals surface area contributed by atoms with E-state index in [1.807, 2.05) is 0 Å². The van der Waals surface area contributed by atoms with Crippen LogP contribution in [0.25, 0.3) is 0 Å². The van der Waals surface area contributed by atoms with Crippen LogP contribution >= 0.6 is 0 Å². The Kier molecular flexibility index (Phi) is 4.45. The van der Waals surface area contributed by atoms with Gasteiger partial charge in [-0.25, -0.2) is 0 Å². The second-order valence-electron chi connectivity index (χ2n) is 5.90. The van der Waals surface area contributed by atoms with Crippen LogP contribution in [-0.2, 0) is 4.74 Å². The van der Waals surface area contributed by atoms with Gasteiger partial charge in [-0.3, -0.25) is 4.90 Å². The molecule has 1 saturated heterocycles. The molecule has 0 bridgehead atoms. The van der Waals surface area contributed by atoms with Gasteiger partial charge in [0, 0.05) is 30.7 Å². The molecule has 1 aliphatic carbocycles. The van der Waals surface area contributed by atoms with Crippen molar-refractivity contribution in [2.45, 2.75) is 57.5 Å². The number of nitrogens with two attached hydrogens (primary N) is 1. The second kappa shape index (κ2) is 5.68. The summed E-state index contributed by atoms with van der Waals surface area (Å²) in [5.74, 6) is 0.630. The molecule has 100 valence electrons. The number of ether oxygens (including phenoxy) is 1. The van der Waals surface area contributed by atoms with Gasteiger partial charge in [0.15, 0.2) is 0 Å². The lowest BCUT2D eigenvalue weighted by molar-refractivity contribution is 0.0370. The molecule has 2 atom stereocenters. The quantitative estimate of drug-likeness (QED) is 0.740. The lowest BCUT2D eigenvalue weighted by atomic mass is 9.82. The Morgan fingerprint density at radius 1 is 1.35 bits per heavy atom. The molecule has 0 amide bonds. The summed E-state index contributed by atoms with van der Waals surface area (Å²) in [5, 5.41) is 0. The first-order valence-electron chi connectivity index (χ1n) is 7.27. The molecule has 3 heteroatoms. The largest absolute Gasteiger partial charge is 0.381 e. The highest BCUT2D eigenvalue weighted by atomic mass is 16.5. The molecule has 2 N–H and O–H groups in total. The molecule has 1 heterocycles. The maximum atomic E-state index is 6.13. The van der Waals surface area contributed by atoms with Crippen molar-refractivity contribution in [2.24, 2.45) is 11.7 Å². The highest BCUT2D eigenvalue weighted by Gasteiger charge is 2.45. The first kappa shape index (κ1) is 13.3. The maximum absolute atomic E-state index is 6.13. The van der Waals surface area contributed by atoms with Crippen molar-refractivity contribution in [3.8, 4) is 0 Å². The summed E-state index contributed by atoms with van der Waals surface area (Å²) in [6, 6.07) is 0.802. The third kappa shape index (κ3) is 2.83. The van der Waals surface area contributed by atoms with E-state index in [0.29, 0.717) is 5.92 Å². The van der Waals surface area contributed by atoms with Gasteiger partial charge in [0.05, 0.1) is 6.61 Å². The van der Waals surface area contributed by atoms with Gasteiger partial charge in [-0.1, -0.05) is 13.3 Å². The summed E-state index contributed by atoms with van der Waals surface area (Å²) in [6.45, 7) is 8.44. The number of hydrogen-bond donors (Lipinski definition) is 1. The van der Waals surface area contributed by atoms with Crippen LogP contribution < -0.4 is 5.73 Å². The van der Waals surface area contributed by atoms with Gasteiger partial charge in [-0.15, -0.1) is 0 Å². The molecule has 0 aromatic carbocycles. The van der Waals surface area contributed by atoms with Gasteiger partial charge < -0.3 is 10.5 Å². The van der Waals surface area contributed by atoms with Gasteiger partial charge in [0.1, 0.15) is 0 Å². The van der Waals surface area contributed by atoms with Crippen LogP contribution in [0.1, 0.15) is 46.0 Å². The summed E-state index contributed by atoms with van der Waals surface area (Å²) in [4.78, 5) is 2.70. The van der Waals surface area contributed by atoms with Gasteiger partial charge in [0.25, 0.3) is 0 Å². The first-order valence-corrected chi connectivity index (χ1v) is 7.27. The van der Waals surface area contributed by atoms with Crippen LogP contribution in [0.15, 0.2) is 0 Å². The Bertz CT molecular complexity index is 236. The first-order chi connectivity index (χ1) is 8.22. The zero-order chi connectivity index (χ0) is 12.3. The van der Waals surface area contributed by atoms with E-state index in [1.54, 1.807) is 0 Å². The van der Waals surface area contributed by atoms with E-state index in [1.165, 1.54) is 38.6 Å². The highest BCUT2D eigenvalue weighted by molar-refractivity contribution is 5.01. The van der Waals surface area contributed by atoms with E-state index >= 15 is 0 Å². The molecule has 2 unspecified atom stereocenters. The summed E-state index contributed by atoms with van der Waals surface area (Å²) < 4.78 is 5.58. The predicted octanol–water partition coefficient (Wildman–Crippen LogP) is 2.00. The Morgan fingerprint density at radius 2 is 2.12 bits per heavy atom. The van der Waals surface area contributed by atoms with Crippen LogP contribution in [0.2, 0.25) is 0 Å². The Balaban J connectivity index is 2.05. The van der Waals surface area contributed by atoms with Crippen molar-refractivity contribution in [3.05, 3.63) is 0 Å². The van der Waals surface area contributed by atoms with Crippen molar-refractivity contribution >= 4 is 0 Å². The third-order valence-corrected chi connectivity index (χ3v) is 4.62. The Morgan fingerprint density at radius 3 is 2.59 bits per heavy atom. The van der Waals surface area contributed by atoms with Crippen LogP contribution in [-0.4, -0.2) is 42.8 Å². The molecule has 0 spiro atoms. The third-order valence-electron chi connectivity index (χ3n) is 4.62.